The Morgan fingerprint density at radius 1 is 1.32 bits per heavy atom. The van der Waals surface area contributed by atoms with E-state index in [-0.39, 0.29) is 11.7 Å². The summed E-state index contributed by atoms with van der Waals surface area (Å²) in [5, 5.41) is 5.29. The maximum Gasteiger partial charge on any atom is 0.436 e. The van der Waals surface area contributed by atoms with Gasteiger partial charge in [0.05, 0.1) is 0 Å². The topological polar surface area (TPSA) is 46.9 Å². The predicted octanol–water partition coefficient (Wildman–Crippen LogP) is 4.04. The second-order valence-corrected chi connectivity index (χ2v) is 6.21. The molecule has 0 fully saturated rings. The number of aromatic nitrogens is 2. The van der Waals surface area contributed by atoms with Crippen LogP contribution < -0.4 is 5.32 Å². The van der Waals surface area contributed by atoms with Crippen molar-refractivity contribution in [3.05, 3.63) is 16.4 Å². The van der Waals surface area contributed by atoms with Crippen molar-refractivity contribution in [3.63, 3.8) is 0 Å². The first-order chi connectivity index (χ1) is 10.0. The van der Waals surface area contributed by atoms with Crippen LogP contribution in [0.1, 0.15) is 56.2 Å². The molecule has 0 bridgehead atoms. The minimum atomic E-state index is -4.68. The molecule has 1 rings (SSSR count). The van der Waals surface area contributed by atoms with Gasteiger partial charge in [-0.2, -0.15) is 18.3 Å². The summed E-state index contributed by atoms with van der Waals surface area (Å²) in [6.45, 7) is 6.03. The third-order valence-corrected chi connectivity index (χ3v) is 3.63. The average molecular weight is 340 g/mol. The number of hydrogen-bond acceptors (Lipinski definition) is 2. The SMILES string of the molecule is CC(C)CCC[C@H](C)NC(=O)c1c(Cl)c(C(F)(F)F)nn1C. The van der Waals surface area contributed by atoms with E-state index in [4.69, 9.17) is 11.6 Å². The van der Waals surface area contributed by atoms with E-state index < -0.39 is 22.8 Å². The van der Waals surface area contributed by atoms with Crippen LogP contribution in [0, 0.1) is 5.92 Å². The van der Waals surface area contributed by atoms with Crippen molar-refractivity contribution in [1.82, 2.24) is 15.1 Å². The monoisotopic (exact) mass is 339 g/mol. The molecule has 1 aromatic rings. The number of aryl methyl sites for hydroxylation is 1. The van der Waals surface area contributed by atoms with Crippen molar-refractivity contribution in [3.8, 4) is 0 Å². The van der Waals surface area contributed by atoms with Gasteiger partial charge in [-0.3, -0.25) is 9.48 Å². The summed E-state index contributed by atoms with van der Waals surface area (Å²) in [4.78, 5) is 12.1. The van der Waals surface area contributed by atoms with Crippen LogP contribution in [0.3, 0.4) is 0 Å². The number of carbonyl (C=O) groups is 1. The van der Waals surface area contributed by atoms with Crippen LogP contribution in [0.25, 0.3) is 0 Å². The van der Waals surface area contributed by atoms with Crippen molar-refractivity contribution in [1.29, 1.82) is 0 Å². The number of halogens is 4. The van der Waals surface area contributed by atoms with E-state index in [0.717, 1.165) is 23.9 Å². The Morgan fingerprint density at radius 2 is 1.91 bits per heavy atom. The molecule has 126 valence electrons. The molecule has 0 radical (unpaired) electrons. The highest BCUT2D eigenvalue weighted by Crippen LogP contribution is 2.35. The van der Waals surface area contributed by atoms with Gasteiger partial charge in [0.15, 0.2) is 5.69 Å². The highest BCUT2D eigenvalue weighted by molar-refractivity contribution is 6.34. The Kier molecular flexibility index (Phi) is 6.28. The first kappa shape index (κ1) is 18.8. The molecule has 0 aliphatic carbocycles. The Bertz CT molecular complexity index is 526. The second kappa shape index (κ2) is 7.35. The number of amides is 1. The normalized spacial score (nSPS) is 13.5. The van der Waals surface area contributed by atoms with Crippen LogP contribution in [0.4, 0.5) is 13.2 Å². The van der Waals surface area contributed by atoms with Gasteiger partial charge in [-0.15, -0.1) is 0 Å². The van der Waals surface area contributed by atoms with Gasteiger partial charge in [-0.1, -0.05) is 38.3 Å². The predicted molar refractivity (Wildman–Crippen MR) is 78.8 cm³/mol. The number of nitrogens with one attached hydrogen (secondary N) is 1. The third kappa shape index (κ3) is 4.90. The summed E-state index contributed by atoms with van der Waals surface area (Å²) >= 11 is 5.67. The van der Waals surface area contributed by atoms with E-state index in [1.165, 1.54) is 7.05 Å². The zero-order valence-corrected chi connectivity index (χ0v) is 13.8. The molecule has 8 heteroatoms. The highest BCUT2D eigenvalue weighted by atomic mass is 35.5. The molecule has 0 aromatic carbocycles. The standard InChI is InChI=1S/C14H21ClF3N3O/c1-8(2)6-5-7-9(3)19-13(22)11-10(15)12(14(16,17)18)20-21(11)4/h8-9H,5-7H2,1-4H3,(H,19,22)/t9-/m0/s1. The van der Waals surface area contributed by atoms with Crippen molar-refractivity contribution in [2.24, 2.45) is 13.0 Å². The number of nitrogens with zero attached hydrogens (tertiary/aromatic N) is 2. The molecular weight excluding hydrogens is 319 g/mol. The first-order valence-corrected chi connectivity index (χ1v) is 7.52. The van der Waals surface area contributed by atoms with Crippen LogP contribution in [-0.4, -0.2) is 21.7 Å². The van der Waals surface area contributed by atoms with Gasteiger partial charge >= 0.3 is 6.18 Å². The van der Waals surface area contributed by atoms with Crippen LogP contribution >= 0.6 is 11.6 Å². The summed E-state index contributed by atoms with van der Waals surface area (Å²) in [6.07, 6.45) is -1.96. The van der Waals surface area contributed by atoms with Crippen LogP contribution in [0.15, 0.2) is 0 Å². The van der Waals surface area contributed by atoms with Crippen LogP contribution in [0.5, 0.6) is 0 Å². The maximum absolute atomic E-state index is 12.7. The molecule has 0 aliphatic rings. The summed E-state index contributed by atoms with van der Waals surface area (Å²) in [6, 6.07) is -0.147. The van der Waals surface area contributed by atoms with Crippen molar-refractivity contribution >= 4 is 17.5 Å². The molecule has 1 N–H and O–H groups in total. The lowest BCUT2D eigenvalue weighted by Crippen LogP contribution is -2.34. The van der Waals surface area contributed by atoms with E-state index >= 15 is 0 Å². The molecule has 0 saturated carbocycles. The second-order valence-electron chi connectivity index (χ2n) is 5.83. The van der Waals surface area contributed by atoms with E-state index in [1.807, 2.05) is 6.92 Å². The molecule has 1 aromatic heterocycles. The molecule has 0 saturated heterocycles. The minimum Gasteiger partial charge on any atom is -0.348 e. The molecule has 0 aliphatic heterocycles. The lowest BCUT2D eigenvalue weighted by atomic mass is 10.0. The lowest BCUT2D eigenvalue weighted by molar-refractivity contribution is -0.141. The van der Waals surface area contributed by atoms with Crippen molar-refractivity contribution in [2.45, 2.75) is 52.3 Å². The summed E-state index contributed by atoms with van der Waals surface area (Å²) in [5.74, 6) is -0.0729. The van der Waals surface area contributed by atoms with Gasteiger partial charge in [0.1, 0.15) is 10.7 Å². The molecule has 1 atom stereocenters. The number of hydrogen-bond donors (Lipinski definition) is 1. The van der Waals surface area contributed by atoms with Gasteiger partial charge in [-0.05, 0) is 19.3 Å². The first-order valence-electron chi connectivity index (χ1n) is 7.14. The van der Waals surface area contributed by atoms with E-state index in [2.05, 4.69) is 24.3 Å². The van der Waals surface area contributed by atoms with Crippen molar-refractivity contribution < 1.29 is 18.0 Å². The Labute approximate surface area is 133 Å². The minimum absolute atomic E-state index is 0.147. The maximum atomic E-state index is 12.7. The number of alkyl halides is 3. The Hall–Kier alpha value is -1.24. The Morgan fingerprint density at radius 3 is 2.36 bits per heavy atom. The van der Waals surface area contributed by atoms with Gasteiger partial charge in [0.2, 0.25) is 0 Å². The van der Waals surface area contributed by atoms with E-state index in [1.54, 1.807) is 0 Å². The number of carbonyl (C=O) groups excluding carboxylic acids is 1. The zero-order valence-electron chi connectivity index (χ0n) is 13.1. The lowest BCUT2D eigenvalue weighted by Gasteiger charge is -2.14. The zero-order chi connectivity index (χ0) is 17.1. The molecule has 1 amide bonds. The van der Waals surface area contributed by atoms with Crippen LogP contribution in [0.2, 0.25) is 5.02 Å². The Balaban J connectivity index is 2.76. The largest absolute Gasteiger partial charge is 0.436 e. The molecule has 22 heavy (non-hydrogen) atoms. The van der Waals surface area contributed by atoms with Gasteiger partial charge in [0, 0.05) is 13.1 Å². The molecule has 0 spiro atoms. The molecule has 4 nitrogen and oxygen atoms in total. The smallest absolute Gasteiger partial charge is 0.348 e. The van der Waals surface area contributed by atoms with Gasteiger partial charge < -0.3 is 5.32 Å². The quantitative estimate of drug-likeness (QED) is 0.850. The van der Waals surface area contributed by atoms with Crippen molar-refractivity contribution in [2.75, 3.05) is 0 Å². The molecule has 0 unspecified atom stereocenters. The van der Waals surface area contributed by atoms with Crippen LogP contribution in [-0.2, 0) is 13.2 Å². The van der Waals surface area contributed by atoms with Gasteiger partial charge in [0.25, 0.3) is 5.91 Å². The summed E-state index contributed by atoms with van der Waals surface area (Å²) in [7, 11) is 1.26. The average Bonchev–Trinajstić information content (AvgIpc) is 2.63. The third-order valence-electron chi connectivity index (χ3n) is 3.27. The molecule has 1 heterocycles. The fourth-order valence-corrected chi connectivity index (χ4v) is 2.48. The summed E-state index contributed by atoms with van der Waals surface area (Å²) < 4.78 is 39.0. The van der Waals surface area contributed by atoms with Gasteiger partial charge in [-0.25, -0.2) is 0 Å². The fourth-order valence-electron chi connectivity index (χ4n) is 2.12. The van der Waals surface area contributed by atoms with E-state index in [0.29, 0.717) is 5.92 Å². The summed E-state index contributed by atoms with van der Waals surface area (Å²) in [5.41, 5.74) is -1.51. The fraction of sp³-hybridized carbons (Fsp3) is 0.714. The highest BCUT2D eigenvalue weighted by Gasteiger charge is 2.39. The number of rotatable bonds is 6. The molecular formula is C14H21ClF3N3O. The van der Waals surface area contributed by atoms with E-state index in [9.17, 15) is 18.0 Å².